The number of rotatable bonds is 7. The van der Waals surface area contributed by atoms with E-state index in [1.54, 1.807) is 12.1 Å². The monoisotopic (exact) mass is 356 g/mol. The molecule has 132 valence electrons. The maximum atomic E-state index is 12.3. The molecule has 1 unspecified atom stereocenters. The lowest BCUT2D eigenvalue weighted by molar-refractivity contribution is -0.139. The number of anilines is 1. The Morgan fingerprint density at radius 1 is 1.42 bits per heavy atom. The van der Waals surface area contributed by atoms with Gasteiger partial charge >= 0.3 is 5.97 Å². The maximum absolute atomic E-state index is 12.3. The van der Waals surface area contributed by atoms with E-state index in [0.29, 0.717) is 18.7 Å². The zero-order chi connectivity index (χ0) is 17.7. The Morgan fingerprint density at radius 2 is 2.17 bits per heavy atom. The van der Waals surface area contributed by atoms with Crippen LogP contribution in [0.5, 0.6) is 0 Å². The molecule has 1 aliphatic rings. The molecule has 1 atom stereocenters. The second-order valence-electron chi connectivity index (χ2n) is 5.44. The highest BCUT2D eigenvalue weighted by atomic mass is 32.2. The first-order valence-corrected chi connectivity index (χ1v) is 9.09. The molecule has 0 saturated carbocycles. The van der Waals surface area contributed by atoms with Gasteiger partial charge in [-0.3, -0.25) is 9.10 Å². The molecule has 1 aromatic rings. The summed E-state index contributed by atoms with van der Waals surface area (Å²) in [5.74, 6) is -1.64. The van der Waals surface area contributed by atoms with Crippen molar-refractivity contribution in [2.24, 2.45) is 0 Å². The minimum atomic E-state index is -3.34. The number of nitrogens with one attached hydrogen (secondary N) is 1. The van der Waals surface area contributed by atoms with Gasteiger partial charge in [0.1, 0.15) is 6.04 Å². The van der Waals surface area contributed by atoms with E-state index in [1.165, 1.54) is 23.5 Å². The molecule has 1 aliphatic heterocycles. The zero-order valence-electron chi connectivity index (χ0n) is 13.3. The van der Waals surface area contributed by atoms with Crippen LogP contribution in [0.4, 0.5) is 5.69 Å². The highest BCUT2D eigenvalue weighted by Crippen LogP contribution is 2.24. The minimum absolute atomic E-state index is 0.0849. The summed E-state index contributed by atoms with van der Waals surface area (Å²) in [5.41, 5.74) is 0.613. The Labute approximate surface area is 140 Å². The molecule has 9 heteroatoms. The third-order valence-corrected chi connectivity index (χ3v) is 5.58. The van der Waals surface area contributed by atoms with Crippen molar-refractivity contribution in [3.8, 4) is 0 Å². The number of benzene rings is 1. The third-order valence-electron chi connectivity index (χ3n) is 3.71. The summed E-state index contributed by atoms with van der Waals surface area (Å²) in [6.07, 6.45) is 0.675. The van der Waals surface area contributed by atoms with Crippen LogP contribution in [0.2, 0.25) is 0 Å². The van der Waals surface area contributed by atoms with Crippen molar-refractivity contribution < 1.29 is 27.9 Å². The number of nitrogens with zero attached hydrogens (tertiary/aromatic N) is 1. The summed E-state index contributed by atoms with van der Waals surface area (Å²) in [5, 5.41) is 11.6. The van der Waals surface area contributed by atoms with Gasteiger partial charge in [-0.15, -0.1) is 0 Å². The first kappa shape index (κ1) is 18.2. The number of aliphatic carboxylic acids is 1. The van der Waals surface area contributed by atoms with E-state index in [9.17, 15) is 18.0 Å². The molecule has 1 saturated heterocycles. The van der Waals surface area contributed by atoms with E-state index in [2.05, 4.69) is 5.32 Å². The number of carbonyl (C=O) groups excluding carboxylic acids is 1. The van der Waals surface area contributed by atoms with Crippen LogP contribution in [0.15, 0.2) is 24.3 Å². The summed E-state index contributed by atoms with van der Waals surface area (Å²) in [6.45, 7) is 0.572. The molecule has 0 aliphatic carbocycles. The fourth-order valence-corrected chi connectivity index (χ4v) is 4.02. The number of carboxylic acid groups (broad SMARTS) is 1. The van der Waals surface area contributed by atoms with Crippen LogP contribution in [0, 0.1) is 0 Å². The van der Waals surface area contributed by atoms with E-state index in [0.717, 1.165) is 0 Å². The van der Waals surface area contributed by atoms with E-state index in [4.69, 9.17) is 9.84 Å². The van der Waals surface area contributed by atoms with E-state index in [1.807, 2.05) is 0 Å². The van der Waals surface area contributed by atoms with Crippen molar-refractivity contribution in [1.29, 1.82) is 0 Å². The number of amides is 1. The average molecular weight is 356 g/mol. The predicted molar refractivity (Wildman–Crippen MR) is 87.6 cm³/mol. The number of carbonyl (C=O) groups is 2. The Hall–Kier alpha value is -2.13. The van der Waals surface area contributed by atoms with Gasteiger partial charge in [0, 0.05) is 32.2 Å². The molecule has 2 N–H and O–H groups in total. The summed E-state index contributed by atoms with van der Waals surface area (Å²) in [6, 6.07) is 5.07. The molecule has 0 bridgehead atoms. The molecule has 2 rings (SSSR count). The molecule has 1 fully saturated rings. The highest BCUT2D eigenvalue weighted by Gasteiger charge is 2.29. The molecule has 8 nitrogen and oxygen atoms in total. The van der Waals surface area contributed by atoms with Crippen LogP contribution in [-0.4, -0.2) is 57.5 Å². The largest absolute Gasteiger partial charge is 0.480 e. The van der Waals surface area contributed by atoms with Crippen molar-refractivity contribution in [2.75, 3.05) is 30.3 Å². The molecule has 1 heterocycles. The first-order valence-electron chi connectivity index (χ1n) is 7.48. The van der Waals surface area contributed by atoms with Crippen molar-refractivity contribution in [3.05, 3.63) is 29.8 Å². The molecule has 1 amide bonds. The lowest BCUT2D eigenvalue weighted by atomic mass is 10.1. The summed E-state index contributed by atoms with van der Waals surface area (Å²) < 4.78 is 30.0. The number of carboxylic acids is 1. The van der Waals surface area contributed by atoms with Crippen LogP contribution >= 0.6 is 0 Å². The second-order valence-corrected chi connectivity index (χ2v) is 7.45. The molecular formula is C15H20N2O6S. The zero-order valence-corrected chi connectivity index (χ0v) is 14.1. The van der Waals surface area contributed by atoms with Crippen LogP contribution in [-0.2, 0) is 19.6 Å². The minimum Gasteiger partial charge on any atom is -0.480 e. The first-order chi connectivity index (χ1) is 11.3. The Kier molecular flexibility index (Phi) is 5.79. The van der Waals surface area contributed by atoms with Crippen molar-refractivity contribution in [2.45, 2.75) is 18.9 Å². The summed E-state index contributed by atoms with van der Waals surface area (Å²) in [7, 11) is -1.89. The lowest BCUT2D eigenvalue weighted by Crippen LogP contribution is -2.41. The second kappa shape index (κ2) is 7.63. The van der Waals surface area contributed by atoms with E-state index >= 15 is 0 Å². The molecule has 24 heavy (non-hydrogen) atoms. The molecule has 0 spiro atoms. The van der Waals surface area contributed by atoms with Crippen LogP contribution in [0.1, 0.15) is 23.2 Å². The summed E-state index contributed by atoms with van der Waals surface area (Å²) in [4.78, 5) is 23.4. The summed E-state index contributed by atoms with van der Waals surface area (Å²) >= 11 is 0. The smallest absolute Gasteiger partial charge is 0.326 e. The van der Waals surface area contributed by atoms with Crippen molar-refractivity contribution >= 4 is 27.6 Å². The highest BCUT2D eigenvalue weighted by molar-refractivity contribution is 7.93. The SMILES string of the molecule is COCCC(NC(=O)c1cccc(N2CCCS2(=O)=O)c1)C(=O)O. The average Bonchev–Trinajstić information content (AvgIpc) is 2.90. The number of ether oxygens (including phenoxy) is 1. The van der Waals surface area contributed by atoms with Crippen LogP contribution in [0.25, 0.3) is 0 Å². The van der Waals surface area contributed by atoms with E-state index < -0.39 is 27.9 Å². The van der Waals surface area contributed by atoms with Gasteiger partial charge in [-0.25, -0.2) is 13.2 Å². The molecule has 1 aromatic carbocycles. The third kappa shape index (κ3) is 4.24. The number of sulfonamides is 1. The van der Waals surface area contributed by atoms with E-state index in [-0.39, 0.29) is 24.3 Å². The van der Waals surface area contributed by atoms with Gasteiger partial charge in [-0.05, 0) is 24.6 Å². The van der Waals surface area contributed by atoms with Gasteiger partial charge in [0.05, 0.1) is 11.4 Å². The Bertz CT molecular complexity index is 718. The number of hydrogen-bond donors (Lipinski definition) is 2. The predicted octanol–water partition coefficient (Wildman–Crippen LogP) is 0.446. The van der Waals surface area contributed by atoms with Gasteiger partial charge in [-0.2, -0.15) is 0 Å². The molecular weight excluding hydrogens is 336 g/mol. The molecule has 0 aromatic heterocycles. The van der Waals surface area contributed by atoms with Gasteiger partial charge < -0.3 is 15.2 Å². The quantitative estimate of drug-likeness (QED) is 0.733. The normalized spacial score (nSPS) is 17.5. The number of methoxy groups -OCH3 is 1. The van der Waals surface area contributed by atoms with Crippen molar-refractivity contribution in [3.63, 3.8) is 0 Å². The maximum Gasteiger partial charge on any atom is 0.326 e. The number of hydrogen-bond acceptors (Lipinski definition) is 5. The van der Waals surface area contributed by atoms with Gasteiger partial charge in [-0.1, -0.05) is 6.07 Å². The van der Waals surface area contributed by atoms with Crippen LogP contribution in [0.3, 0.4) is 0 Å². The molecule has 0 radical (unpaired) electrons. The van der Waals surface area contributed by atoms with Crippen LogP contribution < -0.4 is 9.62 Å². The van der Waals surface area contributed by atoms with Gasteiger partial charge in [0.25, 0.3) is 5.91 Å². The van der Waals surface area contributed by atoms with Gasteiger partial charge in [0.2, 0.25) is 10.0 Å². The standard InChI is InChI=1S/C15H20N2O6S/c1-23-8-6-13(15(19)20)16-14(18)11-4-2-5-12(10-11)17-7-3-9-24(17,21)22/h2,4-5,10,13H,3,6-9H2,1H3,(H,16,18)(H,19,20). The lowest BCUT2D eigenvalue weighted by Gasteiger charge is -2.18. The van der Waals surface area contributed by atoms with Crippen molar-refractivity contribution in [1.82, 2.24) is 5.32 Å². The Balaban J connectivity index is 2.15. The fourth-order valence-electron chi connectivity index (χ4n) is 2.47. The topological polar surface area (TPSA) is 113 Å². The fraction of sp³-hybridized carbons (Fsp3) is 0.467. The Morgan fingerprint density at radius 3 is 2.75 bits per heavy atom. The van der Waals surface area contributed by atoms with Gasteiger partial charge in [0.15, 0.2) is 0 Å².